The number of aliphatic hydroxyl groups is 1. The summed E-state index contributed by atoms with van der Waals surface area (Å²) in [6, 6.07) is 16.1. The molecule has 0 bridgehead atoms. The van der Waals surface area contributed by atoms with Crippen LogP contribution >= 0.6 is 0 Å². The average Bonchev–Trinajstić information content (AvgIpc) is 3.46. The van der Waals surface area contributed by atoms with Crippen molar-refractivity contribution >= 4 is 37.5 Å². The van der Waals surface area contributed by atoms with Gasteiger partial charge < -0.3 is 19.5 Å². The van der Waals surface area contributed by atoms with Crippen LogP contribution in [-0.2, 0) is 25.9 Å². The Bertz CT molecular complexity index is 1740. The normalized spacial score (nSPS) is 15.6. The summed E-state index contributed by atoms with van der Waals surface area (Å²) >= 11 is 0. The first-order valence-corrected chi connectivity index (χ1v) is 26.1. The highest BCUT2D eigenvalue weighted by molar-refractivity contribution is 7.91. The Kier molecular flexibility index (Phi) is 11.6. The lowest BCUT2D eigenvalue weighted by molar-refractivity contribution is 0.0937. The van der Waals surface area contributed by atoms with Gasteiger partial charge in [0.25, 0.3) is 0 Å². The summed E-state index contributed by atoms with van der Waals surface area (Å²) in [5.41, 5.74) is 5.52. The molecule has 1 aliphatic heterocycles. The van der Waals surface area contributed by atoms with Crippen LogP contribution < -0.4 is 4.90 Å². The topological polar surface area (TPSA) is 119 Å². The number of aromatic nitrogens is 4. The van der Waals surface area contributed by atoms with E-state index in [2.05, 4.69) is 39.3 Å². The predicted octanol–water partition coefficient (Wildman–Crippen LogP) is 6.67. The molecule has 1 N–H and O–H groups in total. The van der Waals surface area contributed by atoms with Crippen LogP contribution in [0.1, 0.15) is 30.0 Å². The van der Waals surface area contributed by atoms with Gasteiger partial charge in [-0.25, -0.2) is 13.4 Å². The third-order valence-electron chi connectivity index (χ3n) is 8.78. The quantitative estimate of drug-likeness (QED) is 0.0820. The maximum Gasteiger partial charge on any atom is 0.165 e. The Hall–Kier alpha value is -2.95. The zero-order valence-electron chi connectivity index (χ0n) is 29.3. The van der Waals surface area contributed by atoms with Crippen molar-refractivity contribution in [1.82, 2.24) is 19.6 Å². The van der Waals surface area contributed by atoms with E-state index in [1.807, 2.05) is 53.6 Å². The van der Waals surface area contributed by atoms with Crippen molar-refractivity contribution < 1.29 is 23.0 Å². The molecule has 0 amide bonds. The molecule has 3 aromatic heterocycles. The molecular weight excluding hydrogens is 659 g/mol. The second kappa shape index (κ2) is 15.3. The number of benzene rings is 1. The molecule has 4 aromatic rings. The van der Waals surface area contributed by atoms with E-state index in [9.17, 15) is 13.5 Å². The number of aliphatic hydroxyl groups excluding tert-OH is 1. The minimum absolute atomic E-state index is 0.102. The fraction of sp³-hybridized carbons (Fsp3) is 0.514. The fourth-order valence-corrected chi connectivity index (χ4v) is 8.81. The molecule has 1 aliphatic rings. The molecule has 5 rings (SSSR count). The minimum Gasteiger partial charge on any atom is -0.391 e. The van der Waals surface area contributed by atoms with Crippen LogP contribution in [-0.4, -0.2) is 87.4 Å². The Morgan fingerprint density at radius 2 is 1.50 bits per heavy atom. The number of hydrogen-bond donors (Lipinski definition) is 1. The van der Waals surface area contributed by atoms with Crippen LogP contribution in [0.3, 0.4) is 0 Å². The van der Waals surface area contributed by atoms with E-state index < -0.39 is 26.0 Å². The molecule has 0 spiro atoms. The van der Waals surface area contributed by atoms with Crippen LogP contribution in [0.5, 0.6) is 0 Å². The van der Waals surface area contributed by atoms with Gasteiger partial charge in [-0.05, 0) is 31.0 Å². The molecule has 0 radical (unpaired) electrons. The summed E-state index contributed by atoms with van der Waals surface area (Å²) < 4.78 is 39.2. The second-order valence-corrected chi connectivity index (χ2v) is 28.8. The van der Waals surface area contributed by atoms with Gasteiger partial charge in [0.05, 0.1) is 35.7 Å². The largest absolute Gasteiger partial charge is 0.391 e. The second-order valence-electron chi connectivity index (χ2n) is 15.2. The summed E-state index contributed by atoms with van der Waals surface area (Å²) in [7, 11) is -5.73. The highest BCUT2D eigenvalue weighted by Gasteiger charge is 2.31. The van der Waals surface area contributed by atoms with Crippen molar-refractivity contribution in [3.63, 3.8) is 0 Å². The molecule has 1 saturated heterocycles. The van der Waals surface area contributed by atoms with Crippen LogP contribution in [0.2, 0.25) is 51.4 Å². The number of anilines is 1. The lowest BCUT2D eigenvalue weighted by Gasteiger charge is -2.30. The van der Waals surface area contributed by atoms with Gasteiger partial charge >= 0.3 is 0 Å². The number of fused-ring (bicyclic) bond motifs is 1. The molecule has 10 nitrogen and oxygen atoms in total. The van der Waals surface area contributed by atoms with Gasteiger partial charge in [0, 0.05) is 63.7 Å². The number of hydrogen-bond acceptors (Lipinski definition) is 9. The van der Waals surface area contributed by atoms with E-state index >= 15 is 0 Å². The molecule has 4 heterocycles. The highest BCUT2D eigenvalue weighted by Crippen LogP contribution is 2.37. The highest BCUT2D eigenvalue weighted by atomic mass is 32.2. The van der Waals surface area contributed by atoms with Crippen LogP contribution in [0.4, 0.5) is 5.82 Å². The van der Waals surface area contributed by atoms with Crippen molar-refractivity contribution in [2.24, 2.45) is 0 Å². The lowest BCUT2D eigenvalue weighted by atomic mass is 9.94. The van der Waals surface area contributed by atoms with Crippen molar-refractivity contribution in [1.29, 1.82) is 0 Å². The van der Waals surface area contributed by atoms with E-state index in [0.29, 0.717) is 48.8 Å². The Morgan fingerprint density at radius 3 is 2.04 bits per heavy atom. The van der Waals surface area contributed by atoms with Gasteiger partial charge in [0.1, 0.15) is 29.1 Å². The van der Waals surface area contributed by atoms with Crippen molar-refractivity contribution in [3.8, 4) is 22.4 Å². The number of nitrogens with zero attached hydrogens (tertiary/aromatic N) is 5. The summed E-state index contributed by atoms with van der Waals surface area (Å²) in [4.78, 5) is 11.9. The third-order valence-corrected chi connectivity index (χ3v) is 13.9. The molecule has 0 saturated carbocycles. The SMILES string of the molecule is C[Si](C)(C)CCOCN(COCC[Si](C)(C)C)c1c(CO)c(C2CCS(=O)(=O)CC2)nc2c(-c3ccc(-c4ccccc4)nc3)cnn12. The monoisotopic (exact) mass is 709 g/mol. The lowest BCUT2D eigenvalue weighted by Crippen LogP contribution is -2.35. The summed E-state index contributed by atoms with van der Waals surface area (Å²) in [5, 5.41) is 15.8. The maximum atomic E-state index is 12.4. The van der Waals surface area contributed by atoms with Gasteiger partial charge in [-0.15, -0.1) is 0 Å². The number of sulfone groups is 1. The first kappa shape index (κ1) is 36.3. The van der Waals surface area contributed by atoms with Crippen molar-refractivity contribution in [3.05, 3.63) is 66.1 Å². The summed E-state index contributed by atoms with van der Waals surface area (Å²) in [5.74, 6) is 0.742. The summed E-state index contributed by atoms with van der Waals surface area (Å²) in [6.45, 7) is 15.4. The van der Waals surface area contributed by atoms with Gasteiger partial charge in [-0.1, -0.05) is 75.7 Å². The fourth-order valence-electron chi connectivity index (χ4n) is 5.81. The molecular formula is C35H51N5O5SSi2. The third kappa shape index (κ3) is 9.39. The van der Waals surface area contributed by atoms with Gasteiger partial charge in [-0.3, -0.25) is 4.98 Å². The molecule has 1 fully saturated rings. The van der Waals surface area contributed by atoms with Gasteiger partial charge in [0.2, 0.25) is 0 Å². The molecule has 0 atom stereocenters. The first-order valence-electron chi connectivity index (χ1n) is 16.9. The zero-order valence-corrected chi connectivity index (χ0v) is 32.1. The molecule has 13 heteroatoms. The minimum atomic E-state index is -3.09. The predicted molar refractivity (Wildman–Crippen MR) is 199 cm³/mol. The molecule has 0 unspecified atom stereocenters. The standard InChI is InChI=1S/C35H51N5O5SSi2/c1-47(2,3)20-16-44-25-39(26-45-17-21-48(4,5)6)35-31(24-41)33(28-14-18-46(42,43)19-15-28)38-34-30(23-37-40(34)35)29-12-13-32(36-22-29)27-10-8-7-9-11-27/h7-13,22-23,28,41H,14-21,24-26H2,1-6H3. The van der Waals surface area contributed by atoms with E-state index in [1.54, 1.807) is 10.7 Å². The number of pyridine rings is 1. The van der Waals surface area contributed by atoms with Crippen LogP contribution in [0.15, 0.2) is 54.9 Å². The smallest absolute Gasteiger partial charge is 0.165 e. The average molecular weight is 710 g/mol. The maximum absolute atomic E-state index is 12.4. The number of rotatable bonds is 15. The van der Waals surface area contributed by atoms with E-state index in [0.717, 1.165) is 34.5 Å². The molecule has 0 aliphatic carbocycles. The number of ether oxygens (including phenoxy) is 2. The van der Waals surface area contributed by atoms with E-state index in [1.165, 1.54) is 0 Å². The Labute approximate surface area is 287 Å². The van der Waals surface area contributed by atoms with Crippen LogP contribution in [0.25, 0.3) is 28.0 Å². The van der Waals surface area contributed by atoms with Gasteiger partial charge in [0.15, 0.2) is 5.65 Å². The Morgan fingerprint density at radius 1 is 0.875 bits per heavy atom. The summed E-state index contributed by atoms with van der Waals surface area (Å²) in [6.07, 6.45) is 4.53. The van der Waals surface area contributed by atoms with E-state index in [-0.39, 0.29) is 37.5 Å². The molecule has 1 aromatic carbocycles. The molecule has 48 heavy (non-hydrogen) atoms. The van der Waals surface area contributed by atoms with Crippen LogP contribution in [0, 0.1) is 0 Å². The van der Waals surface area contributed by atoms with Crippen molar-refractivity contribution in [2.75, 3.05) is 43.1 Å². The van der Waals surface area contributed by atoms with Gasteiger partial charge in [-0.2, -0.15) is 9.61 Å². The van der Waals surface area contributed by atoms with Crippen molar-refractivity contribution in [2.45, 2.75) is 76.7 Å². The van der Waals surface area contributed by atoms with E-state index in [4.69, 9.17) is 24.5 Å². The first-order chi connectivity index (χ1) is 22.7. The zero-order chi connectivity index (χ0) is 34.5. The Balaban J connectivity index is 1.59. The molecule has 260 valence electrons.